The zero-order chi connectivity index (χ0) is 27.3. The molecule has 4 heteroatoms. The van der Waals surface area contributed by atoms with Gasteiger partial charge in [-0.25, -0.2) is 9.97 Å². The number of rotatable bonds is 1. The molecule has 4 aromatic carbocycles. The first-order chi connectivity index (χ1) is 20.1. The fourth-order valence-electron chi connectivity index (χ4n) is 6.81. The van der Waals surface area contributed by atoms with Crippen LogP contribution in [-0.2, 0) is 5.41 Å². The lowest BCUT2D eigenvalue weighted by Gasteiger charge is -2.21. The number of fused-ring (bicyclic) bond motifs is 12. The van der Waals surface area contributed by atoms with Crippen molar-refractivity contribution in [3.05, 3.63) is 121 Å². The number of aromatic nitrogens is 4. The average Bonchev–Trinajstić information content (AvgIpc) is 3.25. The summed E-state index contributed by atoms with van der Waals surface area (Å²) >= 11 is 0. The van der Waals surface area contributed by atoms with Crippen LogP contribution in [0.2, 0.25) is 0 Å². The van der Waals surface area contributed by atoms with Crippen molar-refractivity contribution < 1.29 is 0 Å². The first-order valence-electron chi connectivity index (χ1n) is 14.0. The molecule has 0 amide bonds. The van der Waals surface area contributed by atoms with Crippen LogP contribution in [0, 0.1) is 0 Å². The van der Waals surface area contributed by atoms with Crippen LogP contribution >= 0.6 is 0 Å². The molecule has 1 aliphatic carbocycles. The van der Waals surface area contributed by atoms with E-state index in [0.29, 0.717) is 0 Å². The van der Waals surface area contributed by atoms with Gasteiger partial charge in [-0.05, 0) is 52.2 Å². The molecule has 0 fully saturated rings. The first kappa shape index (κ1) is 22.6. The summed E-state index contributed by atoms with van der Waals surface area (Å²) in [5.74, 6) is 0. The molecule has 0 saturated heterocycles. The van der Waals surface area contributed by atoms with Crippen molar-refractivity contribution in [2.75, 3.05) is 0 Å². The Bertz CT molecular complexity index is 2400. The van der Waals surface area contributed by atoms with Gasteiger partial charge < -0.3 is 0 Å². The van der Waals surface area contributed by atoms with Crippen molar-refractivity contribution in [2.45, 2.75) is 19.3 Å². The summed E-state index contributed by atoms with van der Waals surface area (Å²) in [6.45, 7) is 4.56. The minimum Gasteiger partial charge on any atom is -0.254 e. The fourth-order valence-corrected chi connectivity index (χ4v) is 6.81. The minimum absolute atomic E-state index is 0.271. The van der Waals surface area contributed by atoms with Crippen LogP contribution < -0.4 is 0 Å². The highest BCUT2D eigenvalue weighted by Gasteiger charge is 2.38. The second-order valence-corrected chi connectivity index (χ2v) is 11.5. The van der Waals surface area contributed by atoms with Crippen molar-refractivity contribution in [1.29, 1.82) is 0 Å². The maximum absolute atomic E-state index is 5.39. The zero-order valence-corrected chi connectivity index (χ0v) is 22.7. The number of hydrogen-bond donors (Lipinski definition) is 0. The summed E-state index contributed by atoms with van der Waals surface area (Å²) in [4.78, 5) is 20.0. The van der Waals surface area contributed by atoms with Crippen LogP contribution in [0.4, 0.5) is 0 Å². The Morgan fingerprint density at radius 3 is 2.07 bits per heavy atom. The van der Waals surface area contributed by atoms with Gasteiger partial charge in [0.25, 0.3) is 0 Å². The monoisotopic (exact) mass is 524 g/mol. The largest absolute Gasteiger partial charge is 0.254 e. The van der Waals surface area contributed by atoms with Gasteiger partial charge in [0.2, 0.25) is 0 Å². The van der Waals surface area contributed by atoms with Crippen molar-refractivity contribution in [1.82, 2.24) is 19.9 Å². The molecule has 1 aliphatic rings. The van der Waals surface area contributed by atoms with Crippen LogP contribution in [0.1, 0.15) is 25.1 Å². The summed E-state index contributed by atoms with van der Waals surface area (Å²) in [7, 11) is 0. The molecule has 0 saturated carbocycles. The van der Waals surface area contributed by atoms with E-state index in [9.17, 15) is 0 Å². The van der Waals surface area contributed by atoms with E-state index < -0.39 is 0 Å². The minimum atomic E-state index is -0.271. The van der Waals surface area contributed by atoms with E-state index in [-0.39, 0.29) is 5.41 Å². The Kier molecular flexibility index (Phi) is 4.36. The van der Waals surface area contributed by atoms with E-state index >= 15 is 0 Å². The molecule has 8 aromatic rings. The maximum atomic E-state index is 5.39. The van der Waals surface area contributed by atoms with Gasteiger partial charge >= 0.3 is 0 Å². The lowest BCUT2D eigenvalue weighted by Crippen LogP contribution is -2.17. The molecule has 9 rings (SSSR count). The van der Waals surface area contributed by atoms with E-state index in [1.165, 1.54) is 27.5 Å². The van der Waals surface area contributed by atoms with Gasteiger partial charge in [-0.2, -0.15) is 0 Å². The molecule has 0 unspecified atom stereocenters. The number of benzene rings is 4. The molecule has 0 radical (unpaired) electrons. The predicted molar refractivity (Wildman–Crippen MR) is 168 cm³/mol. The molecule has 4 nitrogen and oxygen atoms in total. The molecule has 192 valence electrons. The third-order valence-electron chi connectivity index (χ3n) is 8.86. The van der Waals surface area contributed by atoms with Gasteiger partial charge in [0.1, 0.15) is 0 Å². The SMILES string of the molecule is CC1(C)c2cc(-c3ccc4ccc5cccnc5c4n3)ccc2-c2cc3c4ccccc4c4cccnc4c3nc21. The maximum Gasteiger partial charge on any atom is 0.0975 e. The summed E-state index contributed by atoms with van der Waals surface area (Å²) < 4.78 is 0. The highest BCUT2D eigenvalue weighted by Crippen LogP contribution is 2.50. The molecule has 0 spiro atoms. The normalized spacial score (nSPS) is 13.8. The summed E-state index contributed by atoms with van der Waals surface area (Å²) in [5, 5.41) is 6.90. The van der Waals surface area contributed by atoms with Crippen LogP contribution in [0.5, 0.6) is 0 Å². The average molecular weight is 525 g/mol. The molecule has 0 aliphatic heterocycles. The van der Waals surface area contributed by atoms with Crippen LogP contribution in [-0.4, -0.2) is 19.9 Å². The summed E-state index contributed by atoms with van der Waals surface area (Å²) in [5.41, 5.74) is 10.4. The standard InChI is InChI=1S/C37H24N4/c1-37(2)30-19-23(31-16-14-22-12-11-21-7-5-17-38-32(21)33(22)40-31)13-15-26(30)29-20-28-25-9-4-3-8-24(25)27-10-6-18-39-34(27)35(28)41-36(29)37/h3-20H,1-2H3. The molecule has 4 heterocycles. The fraction of sp³-hybridized carbons (Fsp3) is 0.0811. The lowest BCUT2D eigenvalue weighted by atomic mass is 9.84. The van der Waals surface area contributed by atoms with E-state index in [1.54, 1.807) is 0 Å². The van der Waals surface area contributed by atoms with Gasteiger partial charge in [-0.1, -0.05) is 80.6 Å². The van der Waals surface area contributed by atoms with E-state index in [4.69, 9.17) is 15.0 Å². The van der Waals surface area contributed by atoms with E-state index in [0.717, 1.165) is 60.6 Å². The van der Waals surface area contributed by atoms with Crippen molar-refractivity contribution in [3.63, 3.8) is 0 Å². The van der Waals surface area contributed by atoms with Gasteiger partial charge in [0.15, 0.2) is 0 Å². The Morgan fingerprint density at radius 1 is 0.512 bits per heavy atom. The van der Waals surface area contributed by atoms with Gasteiger partial charge in [0, 0.05) is 50.5 Å². The first-order valence-corrected chi connectivity index (χ1v) is 14.0. The van der Waals surface area contributed by atoms with E-state index in [2.05, 4.69) is 104 Å². The molecule has 0 bridgehead atoms. The highest BCUT2D eigenvalue weighted by molar-refractivity contribution is 6.23. The van der Waals surface area contributed by atoms with Crippen molar-refractivity contribution >= 4 is 54.4 Å². The van der Waals surface area contributed by atoms with Crippen molar-refractivity contribution in [3.8, 4) is 22.4 Å². The quantitative estimate of drug-likeness (QED) is 0.201. The smallest absolute Gasteiger partial charge is 0.0975 e. The van der Waals surface area contributed by atoms with Crippen LogP contribution in [0.25, 0.3) is 76.8 Å². The van der Waals surface area contributed by atoms with Crippen molar-refractivity contribution in [2.24, 2.45) is 0 Å². The Balaban J connectivity index is 1.28. The van der Waals surface area contributed by atoms with Crippen LogP contribution in [0.15, 0.2) is 109 Å². The highest BCUT2D eigenvalue weighted by atomic mass is 14.8. The molecule has 41 heavy (non-hydrogen) atoms. The Hall–Kier alpha value is -5.22. The molecular formula is C37H24N4. The topological polar surface area (TPSA) is 51.6 Å². The number of nitrogens with zero attached hydrogens (tertiary/aromatic N) is 4. The molecule has 0 N–H and O–H groups in total. The van der Waals surface area contributed by atoms with Gasteiger partial charge in [-0.3, -0.25) is 9.97 Å². The molecule has 0 atom stereocenters. The Morgan fingerprint density at radius 2 is 1.22 bits per heavy atom. The summed E-state index contributed by atoms with van der Waals surface area (Å²) in [6, 6.07) is 34.4. The molecule has 4 aromatic heterocycles. The molecular weight excluding hydrogens is 500 g/mol. The summed E-state index contributed by atoms with van der Waals surface area (Å²) in [6.07, 6.45) is 3.71. The van der Waals surface area contributed by atoms with Gasteiger partial charge in [-0.15, -0.1) is 0 Å². The zero-order valence-electron chi connectivity index (χ0n) is 22.7. The third kappa shape index (κ3) is 3.05. The third-order valence-corrected chi connectivity index (χ3v) is 8.86. The second-order valence-electron chi connectivity index (χ2n) is 11.5. The number of hydrogen-bond acceptors (Lipinski definition) is 4. The van der Waals surface area contributed by atoms with Gasteiger partial charge in [0.05, 0.1) is 33.5 Å². The predicted octanol–water partition coefficient (Wildman–Crippen LogP) is 9.01. The van der Waals surface area contributed by atoms with Crippen LogP contribution in [0.3, 0.4) is 0 Å². The Labute approximate surface area is 236 Å². The lowest BCUT2D eigenvalue weighted by molar-refractivity contribution is 0.640. The second kappa shape index (κ2) is 7.92. The number of pyridine rings is 4. The van der Waals surface area contributed by atoms with E-state index in [1.807, 2.05) is 24.5 Å².